The van der Waals surface area contributed by atoms with Gasteiger partial charge in [0.25, 0.3) is 0 Å². The highest BCUT2D eigenvalue weighted by Gasteiger charge is 2.17. The van der Waals surface area contributed by atoms with Crippen molar-refractivity contribution in [3.63, 3.8) is 0 Å². The first-order valence-corrected chi connectivity index (χ1v) is 6.28. The minimum absolute atomic E-state index is 0.0371. The van der Waals surface area contributed by atoms with E-state index in [0.29, 0.717) is 0 Å². The number of aliphatic hydroxyl groups is 1. The van der Waals surface area contributed by atoms with Crippen LogP contribution in [0.2, 0.25) is 0 Å². The molecular formula is C7H16ClNO3S. The number of rotatable bonds is 6. The van der Waals surface area contributed by atoms with Gasteiger partial charge in [-0.25, -0.2) is 13.1 Å². The van der Waals surface area contributed by atoms with Gasteiger partial charge >= 0.3 is 0 Å². The molecule has 6 heteroatoms. The van der Waals surface area contributed by atoms with E-state index in [1.54, 1.807) is 13.8 Å². The van der Waals surface area contributed by atoms with Crippen LogP contribution in [-0.4, -0.2) is 37.8 Å². The molecule has 0 amide bonds. The Morgan fingerprint density at radius 2 is 2.00 bits per heavy atom. The molecule has 4 nitrogen and oxygen atoms in total. The zero-order valence-electron chi connectivity index (χ0n) is 7.83. The lowest BCUT2D eigenvalue weighted by Crippen LogP contribution is -2.39. The maximum absolute atomic E-state index is 11.2. The van der Waals surface area contributed by atoms with Crippen molar-refractivity contribution in [2.24, 2.45) is 5.92 Å². The summed E-state index contributed by atoms with van der Waals surface area (Å²) < 4.78 is 24.8. The molecule has 0 aliphatic carbocycles. The van der Waals surface area contributed by atoms with Crippen molar-refractivity contribution in [1.82, 2.24) is 4.72 Å². The summed E-state index contributed by atoms with van der Waals surface area (Å²) in [5.41, 5.74) is 0. The van der Waals surface area contributed by atoms with Gasteiger partial charge in [-0.2, -0.15) is 0 Å². The highest BCUT2D eigenvalue weighted by molar-refractivity contribution is 7.89. The number of sulfonamides is 1. The minimum Gasteiger partial charge on any atom is -0.396 e. The normalized spacial score (nSPS) is 16.9. The molecular weight excluding hydrogens is 214 g/mol. The average molecular weight is 230 g/mol. The molecule has 0 rings (SSSR count). The van der Waals surface area contributed by atoms with E-state index in [-0.39, 0.29) is 30.2 Å². The summed E-state index contributed by atoms with van der Waals surface area (Å²) in [6.07, 6.45) is 0. The first-order valence-electron chi connectivity index (χ1n) is 4.09. The van der Waals surface area contributed by atoms with Crippen molar-refractivity contribution in [2.75, 3.05) is 18.2 Å². The summed E-state index contributed by atoms with van der Waals surface area (Å²) in [5, 5.41) is 8.77. The molecule has 0 bridgehead atoms. The first-order chi connectivity index (χ1) is 5.93. The Hall–Kier alpha value is 0.160. The van der Waals surface area contributed by atoms with Gasteiger partial charge in [-0.3, -0.25) is 0 Å². The lowest BCUT2D eigenvalue weighted by molar-refractivity contribution is 0.216. The standard InChI is InChI=1S/C7H16ClNO3S/c1-6(5-10)7(2)9-13(11,12)4-3-8/h6-7,9-10H,3-5H2,1-2H3. The Bertz CT molecular complexity index is 230. The third-order valence-electron chi connectivity index (χ3n) is 1.85. The third-order valence-corrected chi connectivity index (χ3v) is 3.74. The molecule has 0 radical (unpaired) electrons. The quantitative estimate of drug-likeness (QED) is 0.638. The fourth-order valence-corrected chi connectivity index (χ4v) is 2.45. The van der Waals surface area contributed by atoms with Crippen molar-refractivity contribution in [2.45, 2.75) is 19.9 Å². The lowest BCUT2D eigenvalue weighted by atomic mass is 10.1. The third kappa shape index (κ3) is 5.46. The van der Waals surface area contributed by atoms with Crippen molar-refractivity contribution in [3.8, 4) is 0 Å². The molecule has 0 saturated heterocycles. The molecule has 2 atom stereocenters. The molecule has 0 aromatic carbocycles. The van der Waals surface area contributed by atoms with Crippen LogP contribution in [0, 0.1) is 5.92 Å². The van der Waals surface area contributed by atoms with Crippen LogP contribution >= 0.6 is 11.6 Å². The molecule has 0 spiro atoms. The molecule has 2 N–H and O–H groups in total. The zero-order valence-corrected chi connectivity index (χ0v) is 9.40. The highest BCUT2D eigenvalue weighted by Crippen LogP contribution is 2.02. The van der Waals surface area contributed by atoms with Gasteiger partial charge in [-0.05, 0) is 12.8 Å². The van der Waals surface area contributed by atoms with Crippen LogP contribution in [0.4, 0.5) is 0 Å². The smallest absolute Gasteiger partial charge is 0.213 e. The van der Waals surface area contributed by atoms with Crippen molar-refractivity contribution < 1.29 is 13.5 Å². The van der Waals surface area contributed by atoms with E-state index in [9.17, 15) is 8.42 Å². The molecule has 0 aliphatic heterocycles. The summed E-state index contributed by atoms with van der Waals surface area (Å²) >= 11 is 5.31. The highest BCUT2D eigenvalue weighted by atomic mass is 35.5. The Morgan fingerprint density at radius 1 is 1.46 bits per heavy atom. The SMILES string of the molecule is CC(CO)C(C)NS(=O)(=O)CCCl. The molecule has 0 aromatic rings. The van der Waals surface area contributed by atoms with Crippen LogP contribution in [0.5, 0.6) is 0 Å². The van der Waals surface area contributed by atoms with Gasteiger partial charge < -0.3 is 5.11 Å². The summed E-state index contributed by atoms with van der Waals surface area (Å²) in [4.78, 5) is 0. The van der Waals surface area contributed by atoms with E-state index in [1.165, 1.54) is 0 Å². The maximum atomic E-state index is 11.2. The number of halogens is 1. The summed E-state index contributed by atoms with van der Waals surface area (Å²) in [7, 11) is -3.28. The number of hydrogen-bond donors (Lipinski definition) is 2. The van der Waals surface area contributed by atoms with E-state index in [0.717, 1.165) is 0 Å². The van der Waals surface area contributed by atoms with Crippen LogP contribution < -0.4 is 4.72 Å². The van der Waals surface area contributed by atoms with E-state index in [4.69, 9.17) is 16.7 Å². The predicted octanol–water partition coefficient (Wildman–Crippen LogP) is 0.162. The summed E-state index contributed by atoms with van der Waals surface area (Å²) in [6.45, 7) is 3.45. The average Bonchev–Trinajstić information content (AvgIpc) is 2.01. The Kier molecular flexibility index (Phi) is 5.87. The fourth-order valence-electron chi connectivity index (χ4n) is 0.718. The largest absolute Gasteiger partial charge is 0.396 e. The second-order valence-corrected chi connectivity index (χ2v) is 5.33. The van der Waals surface area contributed by atoms with E-state index >= 15 is 0 Å². The lowest BCUT2D eigenvalue weighted by Gasteiger charge is -2.18. The second kappa shape index (κ2) is 5.80. The Balaban J connectivity index is 4.11. The van der Waals surface area contributed by atoms with Crippen LogP contribution in [0.25, 0.3) is 0 Å². The fraction of sp³-hybridized carbons (Fsp3) is 1.00. The molecule has 0 saturated carbocycles. The van der Waals surface area contributed by atoms with Crippen molar-refractivity contribution in [3.05, 3.63) is 0 Å². The zero-order chi connectivity index (χ0) is 10.5. The van der Waals surface area contributed by atoms with Gasteiger partial charge in [-0.15, -0.1) is 11.6 Å². The van der Waals surface area contributed by atoms with E-state index < -0.39 is 10.0 Å². The van der Waals surface area contributed by atoms with E-state index in [1.807, 2.05) is 0 Å². The van der Waals surface area contributed by atoms with Gasteiger partial charge in [0.1, 0.15) is 0 Å². The number of hydrogen-bond acceptors (Lipinski definition) is 3. The monoisotopic (exact) mass is 229 g/mol. The number of nitrogens with one attached hydrogen (secondary N) is 1. The van der Waals surface area contributed by atoms with Gasteiger partial charge in [-0.1, -0.05) is 6.92 Å². The van der Waals surface area contributed by atoms with E-state index in [2.05, 4.69) is 4.72 Å². The molecule has 0 aromatic heterocycles. The van der Waals surface area contributed by atoms with Gasteiger partial charge in [0.05, 0.1) is 5.75 Å². The minimum atomic E-state index is -3.28. The van der Waals surface area contributed by atoms with Crippen LogP contribution in [0.1, 0.15) is 13.8 Å². The van der Waals surface area contributed by atoms with Gasteiger partial charge in [0.15, 0.2) is 0 Å². The van der Waals surface area contributed by atoms with Crippen LogP contribution in [0.15, 0.2) is 0 Å². The maximum Gasteiger partial charge on any atom is 0.213 e. The summed E-state index contributed by atoms with van der Waals surface area (Å²) in [6, 6.07) is -0.266. The van der Waals surface area contributed by atoms with Gasteiger partial charge in [0.2, 0.25) is 10.0 Å². The summed E-state index contributed by atoms with van der Waals surface area (Å²) in [5.74, 6) is -0.0998. The molecule has 2 unspecified atom stereocenters. The topological polar surface area (TPSA) is 66.4 Å². The molecule has 0 heterocycles. The molecule has 13 heavy (non-hydrogen) atoms. The van der Waals surface area contributed by atoms with Crippen LogP contribution in [0.3, 0.4) is 0 Å². The molecule has 0 aliphatic rings. The Labute approximate surface area is 84.3 Å². The van der Waals surface area contributed by atoms with Crippen LogP contribution in [-0.2, 0) is 10.0 Å². The second-order valence-electron chi connectivity index (χ2n) is 3.07. The number of aliphatic hydroxyl groups excluding tert-OH is 1. The van der Waals surface area contributed by atoms with Crippen molar-refractivity contribution >= 4 is 21.6 Å². The molecule has 80 valence electrons. The first kappa shape index (κ1) is 13.2. The predicted molar refractivity (Wildman–Crippen MR) is 53.4 cm³/mol. The van der Waals surface area contributed by atoms with Gasteiger partial charge in [0, 0.05) is 18.5 Å². The molecule has 0 fully saturated rings. The number of alkyl halides is 1. The van der Waals surface area contributed by atoms with Crippen molar-refractivity contribution in [1.29, 1.82) is 0 Å². The Morgan fingerprint density at radius 3 is 2.38 bits per heavy atom.